The van der Waals surface area contributed by atoms with Crippen LogP contribution in [0.3, 0.4) is 0 Å². The van der Waals surface area contributed by atoms with Crippen molar-refractivity contribution in [3.05, 3.63) is 41.8 Å². The van der Waals surface area contributed by atoms with Crippen molar-refractivity contribution < 1.29 is 9.53 Å². The van der Waals surface area contributed by atoms with Crippen molar-refractivity contribution in [3.8, 4) is 0 Å². The molecule has 16 heavy (non-hydrogen) atoms. The molecule has 1 N–H and O–H groups in total. The number of hydrogen-bond acceptors (Lipinski definition) is 2. The summed E-state index contributed by atoms with van der Waals surface area (Å²) >= 11 is 0. The summed E-state index contributed by atoms with van der Waals surface area (Å²) in [6, 6.07) is 10.0. The summed E-state index contributed by atoms with van der Waals surface area (Å²) in [6.07, 6.45) is 2.13. The van der Waals surface area contributed by atoms with Gasteiger partial charge in [0, 0.05) is 6.04 Å². The van der Waals surface area contributed by atoms with Gasteiger partial charge in [0.1, 0.15) is 6.61 Å². The van der Waals surface area contributed by atoms with Crippen LogP contribution in [0.2, 0.25) is 0 Å². The highest BCUT2D eigenvalue weighted by atomic mass is 16.5. The van der Waals surface area contributed by atoms with Crippen LogP contribution >= 0.6 is 0 Å². The summed E-state index contributed by atoms with van der Waals surface area (Å²) in [4.78, 5) is 11.4. The lowest BCUT2D eigenvalue weighted by molar-refractivity contribution is 0.0833. The van der Waals surface area contributed by atoms with E-state index in [9.17, 15) is 4.79 Å². The predicted octanol–water partition coefficient (Wildman–Crippen LogP) is 2.28. The molecule has 1 radical (unpaired) electrons. The molecule has 4 rings (SSSR count). The average Bonchev–Trinajstić information content (AvgIpc) is 2.22. The van der Waals surface area contributed by atoms with Crippen LogP contribution in [0.15, 0.2) is 30.3 Å². The first-order valence-electron chi connectivity index (χ1n) is 5.65. The third kappa shape index (κ3) is 1.66. The molecule has 1 atom stereocenters. The molecule has 3 aliphatic rings. The first-order valence-corrected chi connectivity index (χ1v) is 5.65. The van der Waals surface area contributed by atoms with Crippen LogP contribution in [0.1, 0.15) is 18.4 Å². The summed E-state index contributed by atoms with van der Waals surface area (Å²) in [5, 5.41) is 2.89. The number of rotatable bonds is 3. The minimum absolute atomic E-state index is 0.296. The Morgan fingerprint density at radius 3 is 2.56 bits per heavy atom. The van der Waals surface area contributed by atoms with Crippen LogP contribution in [0.25, 0.3) is 0 Å². The van der Waals surface area contributed by atoms with Crippen molar-refractivity contribution >= 4 is 6.09 Å². The summed E-state index contributed by atoms with van der Waals surface area (Å²) in [5.41, 5.74) is 1.02. The van der Waals surface area contributed by atoms with Crippen molar-refractivity contribution in [3.63, 3.8) is 0 Å². The van der Waals surface area contributed by atoms with Gasteiger partial charge in [0.15, 0.2) is 0 Å². The van der Waals surface area contributed by atoms with Crippen LogP contribution in [0.4, 0.5) is 4.79 Å². The van der Waals surface area contributed by atoms with Gasteiger partial charge in [-0.1, -0.05) is 30.3 Å². The average molecular weight is 216 g/mol. The Labute approximate surface area is 94.8 Å². The molecule has 83 valence electrons. The molecule has 0 aliphatic heterocycles. The Morgan fingerprint density at radius 1 is 1.31 bits per heavy atom. The molecule has 3 aliphatic carbocycles. The minimum atomic E-state index is -0.296. The molecule has 3 heteroatoms. The van der Waals surface area contributed by atoms with Crippen molar-refractivity contribution in [2.45, 2.75) is 25.5 Å². The zero-order valence-corrected chi connectivity index (χ0v) is 8.98. The number of nitrogens with one attached hydrogen (secondary N) is 1. The number of amides is 1. The Morgan fingerprint density at radius 2 is 2.00 bits per heavy atom. The Hall–Kier alpha value is -1.51. The van der Waals surface area contributed by atoms with E-state index < -0.39 is 0 Å². The maximum absolute atomic E-state index is 11.4. The Bertz CT molecular complexity index is 376. The molecule has 1 amide bonds. The van der Waals surface area contributed by atoms with Crippen molar-refractivity contribution in [2.75, 3.05) is 0 Å². The number of hydrogen-bond donors (Lipinski definition) is 1. The first kappa shape index (κ1) is 9.70. The molecule has 2 bridgehead atoms. The van der Waals surface area contributed by atoms with E-state index >= 15 is 0 Å². The van der Waals surface area contributed by atoms with Crippen LogP contribution < -0.4 is 5.32 Å². The van der Waals surface area contributed by atoms with Gasteiger partial charge in [-0.2, -0.15) is 0 Å². The fraction of sp³-hybridized carbons (Fsp3) is 0.385. The van der Waals surface area contributed by atoms with E-state index in [4.69, 9.17) is 4.74 Å². The minimum Gasteiger partial charge on any atom is -0.445 e. The van der Waals surface area contributed by atoms with E-state index in [-0.39, 0.29) is 6.09 Å². The van der Waals surface area contributed by atoms with Crippen molar-refractivity contribution in [1.29, 1.82) is 0 Å². The highest BCUT2D eigenvalue weighted by Crippen LogP contribution is 2.55. The Balaban J connectivity index is 1.43. The smallest absolute Gasteiger partial charge is 0.407 e. The lowest BCUT2D eigenvalue weighted by atomic mass is 9.52. The summed E-state index contributed by atoms with van der Waals surface area (Å²) in [7, 11) is 0. The second-order valence-electron chi connectivity index (χ2n) is 4.51. The topological polar surface area (TPSA) is 38.3 Å². The van der Waals surface area contributed by atoms with E-state index in [0.717, 1.165) is 5.56 Å². The second-order valence-corrected chi connectivity index (χ2v) is 4.51. The highest BCUT2D eigenvalue weighted by molar-refractivity contribution is 5.69. The fourth-order valence-corrected chi connectivity index (χ4v) is 2.23. The number of benzene rings is 1. The number of alkyl carbamates (subject to hydrolysis) is 1. The van der Waals surface area contributed by atoms with E-state index in [1.165, 1.54) is 18.8 Å². The van der Waals surface area contributed by atoms with Gasteiger partial charge in [-0.25, -0.2) is 4.79 Å². The van der Waals surface area contributed by atoms with Gasteiger partial charge in [0.05, 0.1) is 0 Å². The summed E-state index contributed by atoms with van der Waals surface area (Å²) in [5.74, 6) is 2.17. The lowest BCUT2D eigenvalue weighted by Gasteiger charge is -2.57. The SMILES string of the molecule is O=C(NC1[C]2CC1C2)OCc1ccccc1. The maximum atomic E-state index is 11.4. The quantitative estimate of drug-likeness (QED) is 0.841. The molecular formula is C13H14NO2. The molecule has 1 unspecified atom stereocenters. The zero-order valence-electron chi connectivity index (χ0n) is 8.98. The predicted molar refractivity (Wildman–Crippen MR) is 59.5 cm³/mol. The van der Waals surface area contributed by atoms with E-state index in [1.54, 1.807) is 0 Å². The van der Waals surface area contributed by atoms with Crippen LogP contribution in [0, 0.1) is 11.8 Å². The molecule has 0 spiro atoms. The number of carbonyl (C=O) groups is 1. The van der Waals surface area contributed by atoms with Crippen LogP contribution in [0.5, 0.6) is 0 Å². The molecular weight excluding hydrogens is 202 g/mol. The zero-order chi connectivity index (χ0) is 11.0. The summed E-state index contributed by atoms with van der Waals surface area (Å²) < 4.78 is 5.14. The third-order valence-electron chi connectivity index (χ3n) is 3.45. The van der Waals surface area contributed by atoms with E-state index in [2.05, 4.69) is 5.32 Å². The molecule has 3 fully saturated rings. The standard InChI is InChI=1S/C13H14NO2/c15-13(14-12-10-6-11(12)7-10)16-8-9-4-2-1-3-5-9/h1-5,10,12H,6-8H2,(H,14,15). The monoisotopic (exact) mass is 216 g/mol. The molecule has 0 saturated heterocycles. The molecule has 3 saturated carbocycles. The van der Waals surface area contributed by atoms with Crippen LogP contribution in [-0.4, -0.2) is 12.1 Å². The van der Waals surface area contributed by atoms with Gasteiger partial charge in [0.2, 0.25) is 0 Å². The molecule has 3 nitrogen and oxygen atoms in total. The normalized spacial score (nSPS) is 26.5. The lowest BCUT2D eigenvalue weighted by Crippen LogP contribution is -2.62. The Kier molecular flexibility index (Phi) is 2.31. The number of ether oxygens (including phenoxy) is 1. The van der Waals surface area contributed by atoms with Gasteiger partial charge >= 0.3 is 6.09 Å². The third-order valence-corrected chi connectivity index (χ3v) is 3.45. The van der Waals surface area contributed by atoms with Gasteiger partial charge < -0.3 is 10.1 Å². The fourth-order valence-electron chi connectivity index (χ4n) is 2.23. The second kappa shape index (κ2) is 3.81. The first-order chi connectivity index (χ1) is 7.83. The van der Waals surface area contributed by atoms with Crippen LogP contribution in [-0.2, 0) is 11.3 Å². The molecule has 0 aromatic heterocycles. The maximum Gasteiger partial charge on any atom is 0.407 e. The van der Waals surface area contributed by atoms with Gasteiger partial charge in [-0.05, 0) is 30.2 Å². The molecule has 0 heterocycles. The van der Waals surface area contributed by atoms with E-state index in [1.807, 2.05) is 30.3 Å². The van der Waals surface area contributed by atoms with Crippen molar-refractivity contribution in [1.82, 2.24) is 5.32 Å². The van der Waals surface area contributed by atoms with Gasteiger partial charge in [0.25, 0.3) is 0 Å². The highest BCUT2D eigenvalue weighted by Gasteiger charge is 2.53. The van der Waals surface area contributed by atoms with E-state index in [0.29, 0.717) is 18.6 Å². The molecule has 1 aromatic carbocycles. The van der Waals surface area contributed by atoms with Gasteiger partial charge in [-0.15, -0.1) is 0 Å². The summed E-state index contributed by atoms with van der Waals surface area (Å²) in [6.45, 7) is 0.347. The number of carbonyl (C=O) groups excluding carboxylic acids is 1. The van der Waals surface area contributed by atoms with Crippen molar-refractivity contribution in [2.24, 2.45) is 5.92 Å². The largest absolute Gasteiger partial charge is 0.445 e. The molecule has 1 aromatic rings. The van der Waals surface area contributed by atoms with Gasteiger partial charge in [-0.3, -0.25) is 0 Å².